The predicted molar refractivity (Wildman–Crippen MR) is 64.7 cm³/mol. The number of methoxy groups -OCH3 is 1. The highest BCUT2D eigenvalue weighted by molar-refractivity contribution is 5.91. The monoisotopic (exact) mass is 250 g/mol. The van der Waals surface area contributed by atoms with Crippen molar-refractivity contribution in [2.75, 3.05) is 25.5 Å². The summed E-state index contributed by atoms with van der Waals surface area (Å²) in [6, 6.07) is 6.66. The number of urea groups is 1. The molecule has 96 valence electrons. The van der Waals surface area contributed by atoms with Crippen LogP contribution >= 0.6 is 0 Å². The van der Waals surface area contributed by atoms with Crippen LogP contribution in [0.3, 0.4) is 0 Å². The zero-order valence-corrected chi connectivity index (χ0v) is 9.92. The van der Waals surface area contributed by atoms with Crippen molar-refractivity contribution in [1.82, 2.24) is 4.90 Å². The number of hydrogen-bond acceptors (Lipinski definition) is 3. The Morgan fingerprint density at radius 1 is 1.33 bits per heavy atom. The first-order valence-corrected chi connectivity index (χ1v) is 5.53. The van der Waals surface area contributed by atoms with Crippen molar-refractivity contribution in [3.8, 4) is 5.75 Å². The van der Waals surface area contributed by atoms with Crippen LogP contribution < -0.4 is 10.1 Å². The molecule has 0 saturated carbocycles. The fourth-order valence-electron chi connectivity index (χ4n) is 1.68. The second-order valence-corrected chi connectivity index (χ2v) is 4.10. The molecule has 0 unspecified atom stereocenters. The number of ether oxygens (including phenoxy) is 1. The first-order chi connectivity index (χ1) is 8.60. The fraction of sp³-hybridized carbons (Fsp3) is 0.333. The number of hydrogen-bond donors (Lipinski definition) is 2. The van der Waals surface area contributed by atoms with E-state index in [1.54, 1.807) is 31.4 Å². The van der Waals surface area contributed by atoms with Crippen LogP contribution in [0.25, 0.3) is 0 Å². The molecule has 0 bridgehead atoms. The minimum atomic E-state index is -0.858. The molecule has 1 heterocycles. The molecule has 1 aliphatic rings. The summed E-state index contributed by atoms with van der Waals surface area (Å²) in [5.41, 5.74) is 0.652. The summed E-state index contributed by atoms with van der Waals surface area (Å²) in [5.74, 6) is -0.585. The topological polar surface area (TPSA) is 78.9 Å². The van der Waals surface area contributed by atoms with Gasteiger partial charge in [-0.05, 0) is 24.3 Å². The molecule has 2 amide bonds. The van der Waals surface area contributed by atoms with Crippen LogP contribution in [-0.2, 0) is 4.79 Å². The molecule has 6 nitrogen and oxygen atoms in total. The van der Waals surface area contributed by atoms with Gasteiger partial charge in [-0.15, -0.1) is 0 Å². The van der Waals surface area contributed by atoms with Gasteiger partial charge in [0.05, 0.1) is 13.0 Å². The van der Waals surface area contributed by atoms with Gasteiger partial charge in [0, 0.05) is 18.8 Å². The minimum Gasteiger partial charge on any atom is -0.497 e. The molecule has 0 atom stereocenters. The van der Waals surface area contributed by atoms with Crippen molar-refractivity contribution in [3.05, 3.63) is 24.3 Å². The molecule has 6 heteroatoms. The van der Waals surface area contributed by atoms with E-state index < -0.39 is 11.9 Å². The number of nitrogens with one attached hydrogen (secondary N) is 1. The number of carbonyl (C=O) groups is 2. The third kappa shape index (κ3) is 2.53. The number of aliphatic carboxylic acids is 1. The van der Waals surface area contributed by atoms with E-state index in [2.05, 4.69) is 5.32 Å². The van der Waals surface area contributed by atoms with Crippen LogP contribution in [-0.4, -0.2) is 42.2 Å². The smallest absolute Gasteiger partial charge is 0.321 e. The standard InChI is InChI=1S/C12H14N2O4/c1-18-10-4-2-9(3-5-10)13-12(17)14-6-8(7-14)11(15)16/h2-5,8H,6-7H2,1H3,(H,13,17)(H,15,16). The van der Waals surface area contributed by atoms with E-state index >= 15 is 0 Å². The summed E-state index contributed by atoms with van der Waals surface area (Å²) in [5, 5.41) is 11.4. The lowest BCUT2D eigenvalue weighted by Crippen LogP contribution is -2.54. The van der Waals surface area contributed by atoms with Gasteiger partial charge in [-0.1, -0.05) is 0 Å². The Morgan fingerprint density at radius 2 is 1.94 bits per heavy atom. The van der Waals surface area contributed by atoms with E-state index in [0.717, 1.165) is 0 Å². The van der Waals surface area contributed by atoms with Crippen LogP contribution in [0.5, 0.6) is 5.75 Å². The van der Waals surface area contributed by atoms with E-state index in [1.807, 2.05) is 0 Å². The van der Waals surface area contributed by atoms with E-state index in [0.29, 0.717) is 11.4 Å². The number of likely N-dealkylation sites (tertiary alicyclic amines) is 1. The summed E-state index contributed by atoms with van der Waals surface area (Å²) in [7, 11) is 1.57. The normalized spacial score (nSPS) is 14.8. The third-order valence-electron chi connectivity index (χ3n) is 2.86. The maximum Gasteiger partial charge on any atom is 0.321 e. The molecule has 0 radical (unpaired) electrons. The molecule has 1 saturated heterocycles. The number of carboxylic acid groups (broad SMARTS) is 1. The molecule has 1 aliphatic heterocycles. The highest BCUT2D eigenvalue weighted by Gasteiger charge is 2.35. The lowest BCUT2D eigenvalue weighted by atomic mass is 10.0. The fourth-order valence-corrected chi connectivity index (χ4v) is 1.68. The Bertz CT molecular complexity index is 452. The molecule has 1 aromatic carbocycles. The summed E-state index contributed by atoms with van der Waals surface area (Å²) < 4.78 is 5.01. The quantitative estimate of drug-likeness (QED) is 0.846. The van der Waals surface area contributed by atoms with Crippen LogP contribution in [0.15, 0.2) is 24.3 Å². The molecule has 0 spiro atoms. The molecule has 2 N–H and O–H groups in total. The van der Waals surface area contributed by atoms with Crippen molar-refractivity contribution in [1.29, 1.82) is 0 Å². The number of carboxylic acids is 1. The van der Waals surface area contributed by atoms with Crippen LogP contribution in [0.4, 0.5) is 10.5 Å². The zero-order chi connectivity index (χ0) is 13.1. The minimum absolute atomic E-state index is 0.261. The van der Waals surface area contributed by atoms with Gasteiger partial charge in [0.25, 0.3) is 0 Å². The highest BCUT2D eigenvalue weighted by atomic mass is 16.5. The number of benzene rings is 1. The summed E-state index contributed by atoms with van der Waals surface area (Å²) in [6.45, 7) is 0.522. The molecule has 0 aromatic heterocycles. The summed E-state index contributed by atoms with van der Waals surface area (Å²) >= 11 is 0. The SMILES string of the molecule is COc1ccc(NC(=O)N2CC(C(=O)O)C2)cc1. The van der Waals surface area contributed by atoms with Crippen LogP contribution in [0.2, 0.25) is 0 Å². The van der Waals surface area contributed by atoms with Crippen LogP contribution in [0.1, 0.15) is 0 Å². The molecule has 0 aliphatic carbocycles. The lowest BCUT2D eigenvalue weighted by molar-refractivity contribution is -0.145. The number of nitrogens with zero attached hydrogens (tertiary/aromatic N) is 1. The molecule has 1 aromatic rings. The van der Waals surface area contributed by atoms with Crippen molar-refractivity contribution >= 4 is 17.7 Å². The first-order valence-electron chi connectivity index (χ1n) is 5.53. The maximum atomic E-state index is 11.7. The number of amides is 2. The first kappa shape index (κ1) is 12.2. The molecule has 18 heavy (non-hydrogen) atoms. The van der Waals surface area contributed by atoms with E-state index in [-0.39, 0.29) is 19.1 Å². The molecule has 1 fully saturated rings. The Balaban J connectivity index is 1.86. The largest absolute Gasteiger partial charge is 0.497 e. The van der Waals surface area contributed by atoms with E-state index in [9.17, 15) is 9.59 Å². The highest BCUT2D eigenvalue weighted by Crippen LogP contribution is 2.19. The third-order valence-corrected chi connectivity index (χ3v) is 2.86. The van der Waals surface area contributed by atoms with Gasteiger partial charge in [0.2, 0.25) is 0 Å². The van der Waals surface area contributed by atoms with Crippen molar-refractivity contribution in [2.24, 2.45) is 5.92 Å². The van der Waals surface area contributed by atoms with Gasteiger partial charge in [0.15, 0.2) is 0 Å². The summed E-state index contributed by atoms with van der Waals surface area (Å²) in [6.07, 6.45) is 0. The maximum absolute atomic E-state index is 11.7. The van der Waals surface area contributed by atoms with Gasteiger partial charge in [-0.3, -0.25) is 4.79 Å². The van der Waals surface area contributed by atoms with Gasteiger partial charge < -0.3 is 20.1 Å². The van der Waals surface area contributed by atoms with Crippen molar-refractivity contribution in [2.45, 2.75) is 0 Å². The van der Waals surface area contributed by atoms with Crippen molar-refractivity contribution < 1.29 is 19.4 Å². The van der Waals surface area contributed by atoms with E-state index in [4.69, 9.17) is 9.84 Å². The Kier molecular flexibility index (Phi) is 3.36. The Labute approximate surface area is 104 Å². The second-order valence-electron chi connectivity index (χ2n) is 4.10. The van der Waals surface area contributed by atoms with Crippen molar-refractivity contribution in [3.63, 3.8) is 0 Å². The molecular formula is C12H14N2O4. The Hall–Kier alpha value is -2.24. The van der Waals surface area contributed by atoms with Gasteiger partial charge >= 0.3 is 12.0 Å². The zero-order valence-electron chi connectivity index (χ0n) is 9.92. The molecular weight excluding hydrogens is 236 g/mol. The number of rotatable bonds is 3. The molecule has 2 rings (SSSR count). The van der Waals surface area contributed by atoms with Gasteiger partial charge in [-0.2, -0.15) is 0 Å². The lowest BCUT2D eigenvalue weighted by Gasteiger charge is -2.36. The van der Waals surface area contributed by atoms with Gasteiger partial charge in [-0.25, -0.2) is 4.79 Å². The number of anilines is 1. The Morgan fingerprint density at radius 3 is 2.44 bits per heavy atom. The van der Waals surface area contributed by atoms with Crippen LogP contribution in [0, 0.1) is 5.92 Å². The number of carbonyl (C=O) groups excluding carboxylic acids is 1. The summed E-state index contributed by atoms with van der Waals surface area (Å²) in [4.78, 5) is 23.8. The predicted octanol–water partition coefficient (Wildman–Crippen LogP) is 1.24. The second kappa shape index (κ2) is 4.95. The average molecular weight is 250 g/mol. The van der Waals surface area contributed by atoms with E-state index in [1.165, 1.54) is 4.90 Å². The van der Waals surface area contributed by atoms with Gasteiger partial charge in [0.1, 0.15) is 5.75 Å². The average Bonchev–Trinajstić information content (AvgIpc) is 2.27.